The second-order valence-corrected chi connectivity index (χ2v) is 6.15. The van der Waals surface area contributed by atoms with Gasteiger partial charge < -0.3 is 15.3 Å². The first kappa shape index (κ1) is 19.2. The number of carbonyl (C=O) groups is 2. The van der Waals surface area contributed by atoms with Crippen molar-refractivity contribution >= 4 is 11.8 Å². The van der Waals surface area contributed by atoms with Crippen LogP contribution in [0, 0.1) is 5.82 Å². The molecule has 1 aliphatic heterocycles. The number of rotatable bonds is 4. The standard InChI is InChI=1S/C16H18F4N2O3/c1-15(25,10-4-6-11(17)7-5-10)9-21-13(23)12-3-2-8-22(12)14(24)16(18,19)20/h4-7,12,25H,2-3,8-9H2,1H3,(H,21,23). The SMILES string of the molecule is CC(O)(CNC(=O)C1CCCN1C(=O)C(F)(F)F)c1ccc(F)cc1. The molecule has 1 heterocycles. The number of halogens is 4. The normalized spacial score (nSPS) is 20.2. The zero-order valence-electron chi connectivity index (χ0n) is 13.4. The van der Waals surface area contributed by atoms with Gasteiger partial charge in [-0.15, -0.1) is 0 Å². The van der Waals surface area contributed by atoms with E-state index in [0.29, 0.717) is 10.5 Å². The van der Waals surface area contributed by atoms with Crippen LogP contribution in [-0.2, 0) is 15.2 Å². The molecule has 2 rings (SSSR count). The molecule has 2 atom stereocenters. The highest BCUT2D eigenvalue weighted by Crippen LogP contribution is 2.26. The number of amides is 2. The van der Waals surface area contributed by atoms with Crippen molar-refractivity contribution in [3.8, 4) is 0 Å². The van der Waals surface area contributed by atoms with E-state index in [4.69, 9.17) is 0 Å². The van der Waals surface area contributed by atoms with E-state index in [9.17, 15) is 32.3 Å². The van der Waals surface area contributed by atoms with E-state index in [-0.39, 0.29) is 25.9 Å². The van der Waals surface area contributed by atoms with E-state index >= 15 is 0 Å². The lowest BCUT2D eigenvalue weighted by atomic mass is 9.96. The molecule has 1 aromatic carbocycles. The van der Waals surface area contributed by atoms with Crippen molar-refractivity contribution in [1.82, 2.24) is 10.2 Å². The number of nitrogens with zero attached hydrogens (tertiary/aromatic N) is 1. The number of nitrogens with one attached hydrogen (secondary N) is 1. The Labute approximate surface area is 141 Å². The third-order valence-electron chi connectivity index (χ3n) is 4.13. The van der Waals surface area contributed by atoms with Crippen LogP contribution in [0.4, 0.5) is 17.6 Å². The van der Waals surface area contributed by atoms with E-state index in [2.05, 4.69) is 5.32 Å². The summed E-state index contributed by atoms with van der Waals surface area (Å²) in [6, 6.07) is 3.75. The van der Waals surface area contributed by atoms with Gasteiger partial charge in [-0.05, 0) is 37.5 Å². The van der Waals surface area contributed by atoms with Gasteiger partial charge in [-0.3, -0.25) is 9.59 Å². The summed E-state index contributed by atoms with van der Waals surface area (Å²) in [4.78, 5) is 24.1. The number of hydrogen-bond acceptors (Lipinski definition) is 3. The van der Waals surface area contributed by atoms with Crippen molar-refractivity contribution in [2.24, 2.45) is 0 Å². The topological polar surface area (TPSA) is 69.6 Å². The Morgan fingerprint density at radius 3 is 2.44 bits per heavy atom. The molecule has 1 fully saturated rings. The summed E-state index contributed by atoms with van der Waals surface area (Å²) in [5.74, 6) is -3.30. The van der Waals surface area contributed by atoms with Gasteiger partial charge in [0.1, 0.15) is 17.5 Å². The molecule has 0 aliphatic carbocycles. The summed E-state index contributed by atoms with van der Waals surface area (Å²) in [6.07, 6.45) is -4.64. The maximum absolute atomic E-state index is 12.9. The lowest BCUT2D eigenvalue weighted by Crippen LogP contribution is -2.51. The van der Waals surface area contributed by atoms with Crippen LogP contribution < -0.4 is 5.32 Å². The Morgan fingerprint density at radius 2 is 1.88 bits per heavy atom. The van der Waals surface area contributed by atoms with Crippen LogP contribution in [0.25, 0.3) is 0 Å². The third-order valence-corrected chi connectivity index (χ3v) is 4.13. The van der Waals surface area contributed by atoms with E-state index in [1.54, 1.807) is 0 Å². The molecular weight excluding hydrogens is 344 g/mol. The minimum Gasteiger partial charge on any atom is -0.384 e. The highest BCUT2D eigenvalue weighted by molar-refractivity contribution is 5.90. The first-order chi connectivity index (χ1) is 11.5. The van der Waals surface area contributed by atoms with Crippen molar-refractivity contribution in [3.63, 3.8) is 0 Å². The lowest BCUT2D eigenvalue weighted by molar-refractivity contribution is -0.186. The molecule has 5 nitrogen and oxygen atoms in total. The minimum atomic E-state index is -5.04. The van der Waals surface area contributed by atoms with Crippen molar-refractivity contribution in [3.05, 3.63) is 35.6 Å². The number of benzene rings is 1. The molecule has 0 saturated carbocycles. The molecule has 0 radical (unpaired) electrons. The van der Waals surface area contributed by atoms with Crippen LogP contribution in [0.2, 0.25) is 0 Å². The van der Waals surface area contributed by atoms with E-state index in [0.717, 1.165) is 12.1 Å². The summed E-state index contributed by atoms with van der Waals surface area (Å²) in [7, 11) is 0. The van der Waals surface area contributed by atoms with E-state index < -0.39 is 35.5 Å². The monoisotopic (exact) mass is 362 g/mol. The first-order valence-corrected chi connectivity index (χ1v) is 7.66. The Morgan fingerprint density at radius 1 is 1.28 bits per heavy atom. The van der Waals surface area contributed by atoms with Gasteiger partial charge in [0.25, 0.3) is 0 Å². The van der Waals surface area contributed by atoms with Crippen molar-refractivity contribution in [2.75, 3.05) is 13.1 Å². The smallest absolute Gasteiger partial charge is 0.384 e. The maximum Gasteiger partial charge on any atom is 0.471 e. The van der Waals surface area contributed by atoms with Gasteiger partial charge in [-0.1, -0.05) is 12.1 Å². The van der Waals surface area contributed by atoms with Crippen LogP contribution in [0.5, 0.6) is 0 Å². The molecular formula is C16H18F4N2O3. The zero-order chi connectivity index (χ0) is 18.8. The van der Waals surface area contributed by atoms with Crippen LogP contribution in [-0.4, -0.2) is 47.1 Å². The minimum absolute atomic E-state index is 0.117. The molecule has 138 valence electrons. The zero-order valence-corrected chi connectivity index (χ0v) is 13.4. The lowest BCUT2D eigenvalue weighted by Gasteiger charge is -2.28. The molecule has 1 aromatic rings. The predicted octanol–water partition coefficient (Wildman–Crippen LogP) is 1.70. The summed E-state index contributed by atoms with van der Waals surface area (Å²) in [5, 5.41) is 12.7. The van der Waals surface area contributed by atoms with Gasteiger partial charge in [-0.25, -0.2) is 4.39 Å². The summed E-state index contributed by atoms with van der Waals surface area (Å²) < 4.78 is 50.6. The van der Waals surface area contributed by atoms with E-state index in [1.807, 2.05) is 0 Å². The Bertz CT molecular complexity index is 644. The van der Waals surface area contributed by atoms with Crippen molar-refractivity contribution < 1.29 is 32.3 Å². The molecule has 2 unspecified atom stereocenters. The summed E-state index contributed by atoms with van der Waals surface area (Å²) >= 11 is 0. The second-order valence-electron chi connectivity index (χ2n) is 6.15. The van der Waals surface area contributed by atoms with Crippen LogP contribution in [0.15, 0.2) is 24.3 Å². The van der Waals surface area contributed by atoms with Gasteiger partial charge in [-0.2, -0.15) is 13.2 Å². The number of hydrogen-bond donors (Lipinski definition) is 2. The van der Waals surface area contributed by atoms with Gasteiger partial charge in [0.2, 0.25) is 5.91 Å². The molecule has 1 saturated heterocycles. The Hall–Kier alpha value is -2.16. The summed E-state index contributed by atoms with van der Waals surface area (Å²) in [5.41, 5.74) is -1.20. The van der Waals surface area contributed by atoms with Crippen LogP contribution in [0.3, 0.4) is 0 Å². The molecule has 1 aliphatic rings. The van der Waals surface area contributed by atoms with E-state index in [1.165, 1.54) is 19.1 Å². The largest absolute Gasteiger partial charge is 0.471 e. The quantitative estimate of drug-likeness (QED) is 0.801. The highest BCUT2D eigenvalue weighted by atomic mass is 19.4. The average Bonchev–Trinajstić information content (AvgIpc) is 3.01. The summed E-state index contributed by atoms with van der Waals surface area (Å²) in [6.45, 7) is 0.945. The molecule has 0 spiro atoms. The fourth-order valence-corrected chi connectivity index (χ4v) is 2.73. The van der Waals surface area contributed by atoms with Crippen molar-refractivity contribution in [2.45, 2.75) is 37.6 Å². The maximum atomic E-state index is 12.9. The number of aliphatic hydroxyl groups is 1. The number of carbonyl (C=O) groups excluding carboxylic acids is 2. The molecule has 0 aromatic heterocycles. The van der Waals surface area contributed by atoms with Crippen molar-refractivity contribution in [1.29, 1.82) is 0 Å². The molecule has 0 bridgehead atoms. The Balaban J connectivity index is 2.01. The molecule has 25 heavy (non-hydrogen) atoms. The average molecular weight is 362 g/mol. The molecule has 9 heteroatoms. The first-order valence-electron chi connectivity index (χ1n) is 7.66. The highest BCUT2D eigenvalue weighted by Gasteiger charge is 2.47. The number of alkyl halides is 3. The van der Waals surface area contributed by atoms with Gasteiger partial charge in [0.15, 0.2) is 0 Å². The van der Waals surface area contributed by atoms with Gasteiger partial charge in [0, 0.05) is 6.54 Å². The predicted molar refractivity (Wildman–Crippen MR) is 79.8 cm³/mol. The number of likely N-dealkylation sites (tertiary alicyclic amines) is 1. The Kier molecular flexibility index (Phi) is 5.36. The van der Waals surface area contributed by atoms with Crippen LogP contribution in [0.1, 0.15) is 25.3 Å². The fraction of sp³-hybridized carbons (Fsp3) is 0.500. The molecule has 2 N–H and O–H groups in total. The molecule has 2 amide bonds. The second kappa shape index (κ2) is 6.99. The third kappa shape index (κ3) is 4.47. The van der Waals surface area contributed by atoms with Gasteiger partial charge in [0.05, 0.1) is 6.54 Å². The fourth-order valence-electron chi connectivity index (χ4n) is 2.73. The van der Waals surface area contributed by atoms with Gasteiger partial charge >= 0.3 is 12.1 Å². The van der Waals surface area contributed by atoms with Crippen LogP contribution >= 0.6 is 0 Å².